The Labute approximate surface area is 141 Å². The number of aliphatic carboxylic acids is 1. The molecule has 126 valence electrons. The van der Waals surface area contributed by atoms with Gasteiger partial charge in [0.15, 0.2) is 0 Å². The van der Waals surface area contributed by atoms with E-state index in [0.29, 0.717) is 19.0 Å². The van der Waals surface area contributed by atoms with Crippen LogP contribution in [0, 0.1) is 0 Å². The van der Waals surface area contributed by atoms with E-state index < -0.39 is 11.9 Å². The maximum absolute atomic E-state index is 11.7. The Kier molecular flexibility index (Phi) is 3.84. The monoisotopic (exact) mass is 326 g/mol. The number of nitrogens with zero attached hydrogens (tertiary/aromatic N) is 4. The fourth-order valence-electron chi connectivity index (χ4n) is 3.75. The molecule has 2 aromatic rings. The second-order valence-corrected chi connectivity index (χ2v) is 6.92. The molecule has 6 heteroatoms. The molecule has 1 unspecified atom stereocenters. The van der Waals surface area contributed by atoms with Gasteiger partial charge in [0.05, 0.1) is 12.5 Å². The van der Waals surface area contributed by atoms with E-state index >= 15 is 0 Å². The number of rotatable bonds is 4. The highest BCUT2D eigenvalue weighted by molar-refractivity contribution is 5.77. The number of aromatic nitrogens is 3. The van der Waals surface area contributed by atoms with Crippen molar-refractivity contribution < 1.29 is 9.90 Å². The summed E-state index contributed by atoms with van der Waals surface area (Å²) in [6, 6.07) is 7.84. The van der Waals surface area contributed by atoms with Crippen LogP contribution in [0.15, 0.2) is 24.3 Å². The van der Waals surface area contributed by atoms with Crippen molar-refractivity contribution in [1.29, 1.82) is 0 Å². The molecule has 1 saturated carbocycles. The van der Waals surface area contributed by atoms with E-state index in [0.717, 1.165) is 29.3 Å². The van der Waals surface area contributed by atoms with Crippen molar-refractivity contribution in [3.63, 3.8) is 0 Å². The van der Waals surface area contributed by atoms with Crippen molar-refractivity contribution >= 4 is 5.97 Å². The van der Waals surface area contributed by atoms with Crippen LogP contribution in [0.25, 0.3) is 0 Å². The van der Waals surface area contributed by atoms with E-state index in [1.54, 1.807) is 0 Å². The van der Waals surface area contributed by atoms with Crippen LogP contribution in [0.2, 0.25) is 0 Å². The second-order valence-electron chi connectivity index (χ2n) is 6.92. The molecule has 1 aliphatic heterocycles. The molecule has 1 N–H and O–H groups in total. The average Bonchev–Trinajstić information content (AvgIpc) is 2.86. The maximum atomic E-state index is 11.7. The Balaban J connectivity index is 1.55. The topological polar surface area (TPSA) is 71.2 Å². The van der Waals surface area contributed by atoms with E-state index in [1.807, 2.05) is 31.3 Å². The van der Waals surface area contributed by atoms with Crippen molar-refractivity contribution in [1.82, 2.24) is 19.7 Å². The summed E-state index contributed by atoms with van der Waals surface area (Å²) in [7, 11) is 2.02. The van der Waals surface area contributed by atoms with Gasteiger partial charge in [0, 0.05) is 26.1 Å². The first-order chi connectivity index (χ1) is 11.6. The van der Waals surface area contributed by atoms with Gasteiger partial charge < -0.3 is 9.67 Å². The molecule has 0 radical (unpaired) electrons. The molecule has 4 rings (SSSR count). The molecule has 2 heterocycles. The summed E-state index contributed by atoms with van der Waals surface area (Å²) in [6.45, 7) is 1.90. The molecule has 1 aromatic heterocycles. The van der Waals surface area contributed by atoms with Crippen LogP contribution >= 0.6 is 0 Å². The van der Waals surface area contributed by atoms with Crippen LogP contribution in [-0.2, 0) is 24.9 Å². The minimum Gasteiger partial charge on any atom is -0.481 e. The van der Waals surface area contributed by atoms with E-state index in [2.05, 4.69) is 19.7 Å². The summed E-state index contributed by atoms with van der Waals surface area (Å²) in [6.07, 6.45) is 3.67. The Morgan fingerprint density at radius 1 is 1.29 bits per heavy atom. The first-order valence-electron chi connectivity index (χ1n) is 8.54. The SMILES string of the molecule is Cn1c(CN2Cc3ccccc3C(C(=O)O)C2)nnc1C1CCC1. The number of hydrogen-bond donors (Lipinski definition) is 1. The number of carbonyl (C=O) groups is 1. The minimum atomic E-state index is -0.764. The Morgan fingerprint density at radius 2 is 2.08 bits per heavy atom. The summed E-state index contributed by atoms with van der Waals surface area (Å²) < 4.78 is 2.10. The third kappa shape index (κ3) is 2.60. The number of benzene rings is 1. The molecular formula is C18H22N4O2. The van der Waals surface area contributed by atoms with Gasteiger partial charge in [-0.2, -0.15) is 0 Å². The minimum absolute atomic E-state index is 0.478. The molecule has 2 aliphatic rings. The first-order valence-corrected chi connectivity index (χ1v) is 8.54. The molecule has 1 fully saturated rings. The van der Waals surface area contributed by atoms with Gasteiger partial charge in [-0.05, 0) is 24.0 Å². The fraction of sp³-hybridized carbons (Fsp3) is 0.500. The standard InChI is InChI=1S/C18H22N4O2/c1-21-16(19-20-17(21)12-6-4-7-12)11-22-9-13-5-2-3-8-14(13)15(10-22)18(23)24/h2-3,5,8,12,15H,4,6-7,9-11H2,1H3,(H,23,24). The summed E-state index contributed by atoms with van der Waals surface area (Å²) in [5.41, 5.74) is 2.03. The zero-order chi connectivity index (χ0) is 16.7. The molecule has 6 nitrogen and oxygen atoms in total. The van der Waals surface area contributed by atoms with Crippen LogP contribution in [0.1, 0.15) is 53.9 Å². The predicted molar refractivity (Wildman–Crippen MR) is 88.5 cm³/mol. The van der Waals surface area contributed by atoms with Gasteiger partial charge in [0.2, 0.25) is 0 Å². The van der Waals surface area contributed by atoms with E-state index in [-0.39, 0.29) is 0 Å². The van der Waals surface area contributed by atoms with Gasteiger partial charge in [0.25, 0.3) is 0 Å². The lowest BCUT2D eigenvalue weighted by molar-refractivity contribution is -0.139. The molecule has 0 amide bonds. The van der Waals surface area contributed by atoms with Gasteiger partial charge in [-0.1, -0.05) is 30.7 Å². The molecule has 0 bridgehead atoms. The highest BCUT2D eigenvalue weighted by atomic mass is 16.4. The van der Waals surface area contributed by atoms with Crippen molar-refractivity contribution in [2.45, 2.75) is 44.2 Å². The lowest BCUT2D eigenvalue weighted by atomic mass is 9.85. The van der Waals surface area contributed by atoms with Crippen LogP contribution in [0.5, 0.6) is 0 Å². The fourth-order valence-corrected chi connectivity index (χ4v) is 3.75. The lowest BCUT2D eigenvalue weighted by Crippen LogP contribution is -2.37. The van der Waals surface area contributed by atoms with Crippen LogP contribution in [0.3, 0.4) is 0 Å². The van der Waals surface area contributed by atoms with Gasteiger partial charge in [0.1, 0.15) is 11.6 Å². The van der Waals surface area contributed by atoms with Gasteiger partial charge in [-0.25, -0.2) is 0 Å². The zero-order valence-electron chi connectivity index (χ0n) is 13.9. The third-order valence-corrected chi connectivity index (χ3v) is 5.40. The van der Waals surface area contributed by atoms with E-state index in [4.69, 9.17) is 0 Å². The number of fused-ring (bicyclic) bond motifs is 1. The van der Waals surface area contributed by atoms with Crippen molar-refractivity contribution in [3.8, 4) is 0 Å². The predicted octanol–water partition coefficient (Wildman–Crippen LogP) is 2.27. The Hall–Kier alpha value is -2.21. The second kappa shape index (κ2) is 6.02. The largest absolute Gasteiger partial charge is 0.481 e. The summed E-state index contributed by atoms with van der Waals surface area (Å²) in [5.74, 6) is 1.29. The molecule has 1 aromatic carbocycles. The van der Waals surface area contributed by atoms with E-state index in [1.165, 1.54) is 19.3 Å². The van der Waals surface area contributed by atoms with Gasteiger partial charge in [-0.3, -0.25) is 9.69 Å². The summed E-state index contributed by atoms with van der Waals surface area (Å²) in [4.78, 5) is 13.8. The Morgan fingerprint density at radius 3 is 2.79 bits per heavy atom. The van der Waals surface area contributed by atoms with Gasteiger partial charge >= 0.3 is 5.97 Å². The third-order valence-electron chi connectivity index (χ3n) is 5.40. The number of carboxylic acid groups (broad SMARTS) is 1. The van der Waals surface area contributed by atoms with E-state index in [9.17, 15) is 9.90 Å². The van der Waals surface area contributed by atoms with Crippen LogP contribution < -0.4 is 0 Å². The zero-order valence-corrected chi connectivity index (χ0v) is 13.9. The molecule has 24 heavy (non-hydrogen) atoms. The van der Waals surface area contributed by atoms with Crippen LogP contribution in [-0.4, -0.2) is 37.3 Å². The van der Waals surface area contributed by atoms with Gasteiger partial charge in [-0.15, -0.1) is 10.2 Å². The first kappa shape index (κ1) is 15.3. The number of carboxylic acids is 1. The Bertz CT molecular complexity index is 766. The summed E-state index contributed by atoms with van der Waals surface area (Å²) >= 11 is 0. The smallest absolute Gasteiger partial charge is 0.312 e. The molecule has 1 aliphatic carbocycles. The molecule has 0 saturated heterocycles. The highest BCUT2D eigenvalue weighted by Gasteiger charge is 2.31. The highest BCUT2D eigenvalue weighted by Crippen LogP contribution is 2.35. The normalized spacial score (nSPS) is 21.3. The van der Waals surface area contributed by atoms with Crippen molar-refractivity contribution in [2.24, 2.45) is 7.05 Å². The molecular weight excluding hydrogens is 304 g/mol. The average molecular weight is 326 g/mol. The lowest BCUT2D eigenvalue weighted by Gasteiger charge is -2.32. The van der Waals surface area contributed by atoms with Crippen LogP contribution in [0.4, 0.5) is 0 Å². The molecule has 1 atom stereocenters. The maximum Gasteiger partial charge on any atom is 0.312 e. The quantitative estimate of drug-likeness (QED) is 0.933. The molecule has 0 spiro atoms. The summed E-state index contributed by atoms with van der Waals surface area (Å²) in [5, 5.41) is 18.3. The number of hydrogen-bond acceptors (Lipinski definition) is 4. The van der Waals surface area contributed by atoms with Crippen molar-refractivity contribution in [3.05, 3.63) is 47.0 Å². The van der Waals surface area contributed by atoms with Crippen molar-refractivity contribution in [2.75, 3.05) is 6.54 Å².